The molecule has 7 nitrogen and oxygen atoms in total. The van der Waals surface area contributed by atoms with Crippen LogP contribution in [0.25, 0.3) is 0 Å². The van der Waals surface area contributed by atoms with E-state index < -0.39 is 30.8 Å². The molecular weight excluding hydrogens is 472 g/mol. The van der Waals surface area contributed by atoms with E-state index in [0.717, 1.165) is 18.2 Å². The summed E-state index contributed by atoms with van der Waals surface area (Å²) < 4.78 is 58.6. The van der Waals surface area contributed by atoms with E-state index in [1.807, 2.05) is 0 Å². The number of nitrogens with one attached hydrogen (secondary N) is 2. The lowest BCUT2D eigenvalue weighted by Crippen LogP contribution is -2.37. The number of carbonyl (C=O) groups excluding carboxylic acids is 2. The zero-order chi connectivity index (χ0) is 24.4. The Morgan fingerprint density at radius 3 is 2.33 bits per heavy atom. The van der Waals surface area contributed by atoms with Crippen molar-refractivity contribution in [3.63, 3.8) is 0 Å². The topological polar surface area (TPSA) is 96.9 Å². The molecule has 2 aromatic carbocycles. The zero-order valence-corrected chi connectivity index (χ0v) is 17.9. The molecule has 180 valence electrons. The number of ether oxygens (including phenoxy) is 2. The first-order valence-electron chi connectivity index (χ1n) is 9.66. The molecule has 0 aliphatic heterocycles. The van der Waals surface area contributed by atoms with Gasteiger partial charge in [-0.25, -0.2) is 4.39 Å². The van der Waals surface area contributed by atoms with Crippen molar-refractivity contribution >= 4 is 23.4 Å². The van der Waals surface area contributed by atoms with Crippen LogP contribution >= 0.6 is 11.6 Å². The fraction of sp³-hybridized carbons (Fsp3) is 0.333. The minimum Gasteiger partial charge on any atom is -0.484 e. The quantitative estimate of drug-likeness (QED) is 0.419. The van der Waals surface area contributed by atoms with Crippen molar-refractivity contribution in [3.8, 4) is 11.5 Å². The fourth-order valence-corrected chi connectivity index (χ4v) is 2.65. The standard InChI is InChI=1S/C21H21ClF4N2O5/c22-17-6-5-16(10-18(17)23)32-12-20(31)28-11-14(29)7-8-27-19(30)9-13-1-3-15(4-2-13)33-21(24,25)26/h1-6,10,14,29H,7-9,11-12H2,(H,27,30)(H,28,31). The molecule has 0 radical (unpaired) electrons. The van der Waals surface area contributed by atoms with Crippen LogP contribution in [-0.4, -0.2) is 49.1 Å². The highest BCUT2D eigenvalue weighted by atomic mass is 35.5. The summed E-state index contributed by atoms with van der Waals surface area (Å²) in [5.41, 5.74) is 0.482. The van der Waals surface area contributed by atoms with Crippen LogP contribution in [0.4, 0.5) is 17.6 Å². The van der Waals surface area contributed by atoms with Gasteiger partial charge in [0.05, 0.1) is 17.5 Å². The summed E-state index contributed by atoms with van der Waals surface area (Å²) in [7, 11) is 0. The van der Waals surface area contributed by atoms with Gasteiger partial charge in [0, 0.05) is 19.2 Å². The predicted octanol–water partition coefficient (Wildman–Crippen LogP) is 2.98. The Hall–Kier alpha value is -3.05. The number of hydrogen-bond acceptors (Lipinski definition) is 5. The summed E-state index contributed by atoms with van der Waals surface area (Å²) in [5, 5.41) is 14.8. The Morgan fingerprint density at radius 1 is 1.03 bits per heavy atom. The lowest BCUT2D eigenvalue weighted by atomic mass is 10.1. The fourth-order valence-electron chi connectivity index (χ4n) is 2.54. The van der Waals surface area contributed by atoms with E-state index in [4.69, 9.17) is 16.3 Å². The molecule has 33 heavy (non-hydrogen) atoms. The first kappa shape index (κ1) is 26.2. The van der Waals surface area contributed by atoms with Crippen LogP contribution in [-0.2, 0) is 16.0 Å². The summed E-state index contributed by atoms with van der Waals surface area (Å²) in [6.07, 6.45) is -5.65. The third kappa shape index (κ3) is 10.4. The molecule has 0 bridgehead atoms. The third-order valence-corrected chi connectivity index (χ3v) is 4.42. The maximum atomic E-state index is 13.3. The summed E-state index contributed by atoms with van der Waals surface area (Å²) >= 11 is 5.55. The van der Waals surface area contributed by atoms with Gasteiger partial charge in [-0.05, 0) is 36.2 Å². The number of carbonyl (C=O) groups is 2. The highest BCUT2D eigenvalue weighted by Crippen LogP contribution is 2.23. The van der Waals surface area contributed by atoms with Gasteiger partial charge >= 0.3 is 6.36 Å². The van der Waals surface area contributed by atoms with Crippen molar-refractivity contribution in [1.29, 1.82) is 0 Å². The number of amides is 2. The molecule has 0 saturated carbocycles. The van der Waals surface area contributed by atoms with Gasteiger partial charge in [0.1, 0.15) is 17.3 Å². The molecule has 0 aromatic heterocycles. The first-order valence-corrected chi connectivity index (χ1v) is 10.0. The molecular formula is C21H21ClF4N2O5. The van der Waals surface area contributed by atoms with Gasteiger partial charge in [-0.1, -0.05) is 23.7 Å². The SMILES string of the molecule is O=C(COc1ccc(Cl)c(F)c1)NCC(O)CCNC(=O)Cc1ccc(OC(F)(F)F)cc1. The van der Waals surface area contributed by atoms with Crippen molar-refractivity contribution in [1.82, 2.24) is 10.6 Å². The van der Waals surface area contributed by atoms with E-state index in [9.17, 15) is 32.3 Å². The van der Waals surface area contributed by atoms with Crippen molar-refractivity contribution in [2.24, 2.45) is 0 Å². The molecule has 2 aromatic rings. The van der Waals surface area contributed by atoms with Gasteiger partial charge in [-0.15, -0.1) is 13.2 Å². The largest absolute Gasteiger partial charge is 0.573 e. The Kier molecular flexibility index (Phi) is 9.74. The maximum Gasteiger partial charge on any atom is 0.573 e. The van der Waals surface area contributed by atoms with Crippen LogP contribution in [0.5, 0.6) is 11.5 Å². The zero-order valence-electron chi connectivity index (χ0n) is 17.1. The number of halogens is 5. The molecule has 0 aliphatic carbocycles. The van der Waals surface area contributed by atoms with Crippen LogP contribution in [0, 0.1) is 5.82 Å². The normalized spacial score (nSPS) is 12.1. The maximum absolute atomic E-state index is 13.3. The number of aliphatic hydroxyl groups excluding tert-OH is 1. The number of benzene rings is 2. The molecule has 0 aliphatic rings. The highest BCUT2D eigenvalue weighted by molar-refractivity contribution is 6.30. The van der Waals surface area contributed by atoms with Crippen LogP contribution in [0.3, 0.4) is 0 Å². The van der Waals surface area contributed by atoms with Crippen LogP contribution < -0.4 is 20.1 Å². The van der Waals surface area contributed by atoms with Gasteiger partial charge in [0.2, 0.25) is 5.91 Å². The van der Waals surface area contributed by atoms with E-state index in [0.29, 0.717) is 5.56 Å². The third-order valence-electron chi connectivity index (χ3n) is 4.12. The molecule has 0 heterocycles. The van der Waals surface area contributed by atoms with Crippen molar-refractivity contribution in [2.75, 3.05) is 19.7 Å². The predicted molar refractivity (Wildman–Crippen MR) is 110 cm³/mol. The lowest BCUT2D eigenvalue weighted by molar-refractivity contribution is -0.274. The van der Waals surface area contributed by atoms with Crippen LogP contribution in [0.2, 0.25) is 5.02 Å². The van der Waals surface area contributed by atoms with Crippen molar-refractivity contribution < 1.29 is 41.7 Å². The lowest BCUT2D eigenvalue weighted by Gasteiger charge is -2.13. The number of alkyl halides is 3. The van der Waals surface area contributed by atoms with Crippen molar-refractivity contribution in [3.05, 3.63) is 58.9 Å². The van der Waals surface area contributed by atoms with E-state index in [2.05, 4.69) is 15.4 Å². The molecule has 0 spiro atoms. The Labute approximate surface area is 191 Å². The monoisotopic (exact) mass is 492 g/mol. The summed E-state index contributed by atoms with van der Waals surface area (Å²) in [6, 6.07) is 8.63. The van der Waals surface area contributed by atoms with Crippen LogP contribution in [0.15, 0.2) is 42.5 Å². The second-order valence-electron chi connectivity index (χ2n) is 6.83. The van der Waals surface area contributed by atoms with Gasteiger partial charge in [-0.2, -0.15) is 0 Å². The Balaban J connectivity index is 1.61. The Bertz CT molecular complexity index is 941. The molecule has 0 fully saturated rings. The van der Waals surface area contributed by atoms with E-state index in [1.165, 1.54) is 24.3 Å². The summed E-state index contributed by atoms with van der Waals surface area (Å²) in [4.78, 5) is 23.7. The van der Waals surface area contributed by atoms with Gasteiger partial charge in [-0.3, -0.25) is 9.59 Å². The van der Waals surface area contributed by atoms with Crippen LogP contribution in [0.1, 0.15) is 12.0 Å². The summed E-state index contributed by atoms with van der Waals surface area (Å²) in [6.45, 7) is -0.364. The van der Waals surface area contributed by atoms with Gasteiger partial charge in [0.25, 0.3) is 5.91 Å². The van der Waals surface area contributed by atoms with Gasteiger partial charge in [0.15, 0.2) is 6.61 Å². The van der Waals surface area contributed by atoms with E-state index in [1.54, 1.807) is 0 Å². The summed E-state index contributed by atoms with van der Waals surface area (Å²) in [5.74, 6) is -1.87. The van der Waals surface area contributed by atoms with E-state index in [-0.39, 0.29) is 48.4 Å². The average molecular weight is 493 g/mol. The molecule has 1 unspecified atom stereocenters. The highest BCUT2D eigenvalue weighted by Gasteiger charge is 2.30. The Morgan fingerprint density at radius 2 is 1.70 bits per heavy atom. The number of rotatable bonds is 11. The number of hydrogen-bond donors (Lipinski definition) is 3. The molecule has 2 amide bonds. The second-order valence-corrected chi connectivity index (χ2v) is 7.24. The first-order chi connectivity index (χ1) is 15.5. The second kappa shape index (κ2) is 12.3. The minimum absolute atomic E-state index is 0.0677. The van der Waals surface area contributed by atoms with Gasteiger partial charge < -0.3 is 25.2 Å². The average Bonchev–Trinajstić information content (AvgIpc) is 2.73. The minimum atomic E-state index is -4.79. The number of aliphatic hydroxyl groups is 1. The molecule has 0 saturated heterocycles. The molecule has 1 atom stereocenters. The molecule has 12 heteroatoms. The molecule has 3 N–H and O–H groups in total. The smallest absolute Gasteiger partial charge is 0.484 e. The van der Waals surface area contributed by atoms with Crippen molar-refractivity contribution in [2.45, 2.75) is 25.3 Å². The molecule has 2 rings (SSSR count). The van der Waals surface area contributed by atoms with E-state index >= 15 is 0 Å².